The van der Waals surface area contributed by atoms with Gasteiger partial charge >= 0.3 is 0 Å². The molecule has 0 aliphatic rings. The highest BCUT2D eigenvalue weighted by Gasteiger charge is 2.23. The Labute approximate surface area is 138 Å². The Hall–Kier alpha value is -2.47. The largest absolute Gasteiger partial charge is 0.481 e. The first-order valence-corrected chi connectivity index (χ1v) is 7.81. The average molecular weight is 309 g/mol. The molecule has 1 unspecified atom stereocenters. The summed E-state index contributed by atoms with van der Waals surface area (Å²) in [4.78, 5) is 12.3. The van der Waals surface area contributed by atoms with Crippen LogP contribution in [0.5, 0.6) is 5.75 Å². The lowest BCUT2D eigenvalue weighted by Gasteiger charge is -2.25. The Morgan fingerprint density at radius 1 is 1.22 bits per heavy atom. The molecule has 0 heterocycles. The fraction of sp³-hybridized carbons (Fsp3) is 0.350. The Balaban J connectivity index is 2.22. The van der Waals surface area contributed by atoms with Crippen molar-refractivity contribution in [3.05, 3.63) is 42.0 Å². The molecule has 0 saturated carbocycles. The standard InChI is InChI=1S/C20H23NO2/c1-6-14-8-9-15-10-11-17(13-16(15)12-14)23-18(7-2)19(22)21-20(3,4)5/h1,8-13,18H,7H2,2-5H3,(H,21,22). The fourth-order valence-electron chi connectivity index (χ4n) is 2.32. The lowest BCUT2D eigenvalue weighted by molar-refractivity contribution is -0.129. The predicted octanol–water partition coefficient (Wildman–Crippen LogP) is 3.89. The molecule has 0 saturated heterocycles. The minimum absolute atomic E-state index is 0.0996. The number of nitrogens with one attached hydrogen (secondary N) is 1. The first-order valence-electron chi connectivity index (χ1n) is 7.81. The Kier molecular flexibility index (Phi) is 4.95. The van der Waals surface area contributed by atoms with Crippen molar-refractivity contribution in [3.63, 3.8) is 0 Å². The van der Waals surface area contributed by atoms with E-state index in [9.17, 15) is 4.79 Å². The van der Waals surface area contributed by atoms with Crippen LogP contribution in [0.25, 0.3) is 10.8 Å². The summed E-state index contributed by atoms with van der Waals surface area (Å²) in [6.07, 6.45) is 5.54. The van der Waals surface area contributed by atoms with E-state index < -0.39 is 6.10 Å². The predicted molar refractivity (Wildman–Crippen MR) is 94.5 cm³/mol. The zero-order valence-corrected chi connectivity index (χ0v) is 14.1. The SMILES string of the molecule is C#Cc1ccc2ccc(OC(CC)C(=O)NC(C)(C)C)cc2c1. The van der Waals surface area contributed by atoms with Gasteiger partial charge in [0.25, 0.3) is 5.91 Å². The van der Waals surface area contributed by atoms with Crippen LogP contribution in [-0.2, 0) is 4.79 Å². The van der Waals surface area contributed by atoms with Gasteiger partial charge in [-0.05, 0) is 62.2 Å². The lowest BCUT2D eigenvalue weighted by Crippen LogP contribution is -2.47. The van der Waals surface area contributed by atoms with Gasteiger partial charge in [-0.3, -0.25) is 4.79 Å². The Morgan fingerprint density at radius 2 is 1.91 bits per heavy atom. The first-order chi connectivity index (χ1) is 10.8. The van der Waals surface area contributed by atoms with Crippen LogP contribution in [-0.4, -0.2) is 17.6 Å². The van der Waals surface area contributed by atoms with Gasteiger partial charge in [-0.15, -0.1) is 6.42 Å². The van der Waals surface area contributed by atoms with Gasteiger partial charge in [0.2, 0.25) is 0 Å². The molecule has 3 nitrogen and oxygen atoms in total. The number of fused-ring (bicyclic) bond motifs is 1. The number of hydrogen-bond acceptors (Lipinski definition) is 2. The zero-order chi connectivity index (χ0) is 17.0. The third-order valence-corrected chi connectivity index (χ3v) is 3.42. The summed E-state index contributed by atoms with van der Waals surface area (Å²) in [7, 11) is 0. The molecule has 0 aromatic heterocycles. The highest BCUT2D eigenvalue weighted by molar-refractivity contribution is 5.86. The molecule has 23 heavy (non-hydrogen) atoms. The topological polar surface area (TPSA) is 38.3 Å². The molecule has 0 fully saturated rings. The third-order valence-electron chi connectivity index (χ3n) is 3.42. The van der Waals surface area contributed by atoms with Crippen LogP contribution in [0.1, 0.15) is 39.7 Å². The highest BCUT2D eigenvalue weighted by Crippen LogP contribution is 2.23. The van der Waals surface area contributed by atoms with Crippen LogP contribution in [0.4, 0.5) is 0 Å². The summed E-state index contributed by atoms with van der Waals surface area (Å²) in [5.74, 6) is 3.20. The number of rotatable bonds is 4. The number of hydrogen-bond donors (Lipinski definition) is 1. The molecule has 120 valence electrons. The number of amides is 1. The van der Waals surface area contributed by atoms with Gasteiger partial charge in [0.05, 0.1) is 0 Å². The van der Waals surface area contributed by atoms with Crippen LogP contribution in [0.15, 0.2) is 36.4 Å². The summed E-state index contributed by atoms with van der Waals surface area (Å²) in [5.41, 5.74) is 0.547. The van der Waals surface area contributed by atoms with E-state index in [1.54, 1.807) is 0 Å². The maximum Gasteiger partial charge on any atom is 0.261 e. The minimum atomic E-state index is -0.512. The summed E-state index contributed by atoms with van der Waals surface area (Å²) >= 11 is 0. The quantitative estimate of drug-likeness (QED) is 0.870. The fourth-order valence-corrected chi connectivity index (χ4v) is 2.32. The van der Waals surface area contributed by atoms with E-state index in [1.165, 1.54) is 0 Å². The van der Waals surface area contributed by atoms with Crippen molar-refractivity contribution in [2.24, 2.45) is 0 Å². The van der Waals surface area contributed by atoms with Crippen molar-refractivity contribution in [2.75, 3.05) is 0 Å². The van der Waals surface area contributed by atoms with Crippen molar-refractivity contribution in [1.29, 1.82) is 0 Å². The van der Waals surface area contributed by atoms with E-state index in [1.807, 2.05) is 64.1 Å². The number of benzene rings is 2. The van der Waals surface area contributed by atoms with E-state index >= 15 is 0 Å². The number of carbonyl (C=O) groups excluding carboxylic acids is 1. The smallest absolute Gasteiger partial charge is 0.261 e. The second-order valence-electron chi connectivity index (χ2n) is 6.62. The molecule has 0 aliphatic carbocycles. The molecular weight excluding hydrogens is 286 g/mol. The third kappa shape index (κ3) is 4.50. The van der Waals surface area contributed by atoms with Crippen LogP contribution in [0, 0.1) is 12.3 Å². The molecular formula is C20H23NO2. The van der Waals surface area contributed by atoms with Gasteiger partial charge in [0.1, 0.15) is 5.75 Å². The monoisotopic (exact) mass is 309 g/mol. The van der Waals surface area contributed by atoms with Gasteiger partial charge in [0.15, 0.2) is 6.10 Å². The molecule has 0 spiro atoms. The van der Waals surface area contributed by atoms with E-state index in [-0.39, 0.29) is 11.4 Å². The van der Waals surface area contributed by atoms with Crippen molar-refractivity contribution >= 4 is 16.7 Å². The van der Waals surface area contributed by atoms with Crippen LogP contribution >= 0.6 is 0 Å². The maximum atomic E-state index is 12.3. The van der Waals surface area contributed by atoms with Gasteiger partial charge in [-0.1, -0.05) is 25.0 Å². The zero-order valence-electron chi connectivity index (χ0n) is 14.1. The Bertz CT molecular complexity index is 750. The molecule has 1 amide bonds. The van der Waals surface area contributed by atoms with Gasteiger partial charge in [0, 0.05) is 11.1 Å². The molecule has 0 aliphatic heterocycles. The van der Waals surface area contributed by atoms with Crippen LogP contribution < -0.4 is 10.1 Å². The van der Waals surface area contributed by atoms with E-state index in [0.29, 0.717) is 12.2 Å². The molecule has 2 aromatic carbocycles. The van der Waals surface area contributed by atoms with Crippen LogP contribution in [0.3, 0.4) is 0 Å². The summed E-state index contributed by atoms with van der Waals surface area (Å²) in [6, 6.07) is 11.6. The van der Waals surface area contributed by atoms with Crippen molar-refractivity contribution in [2.45, 2.75) is 45.8 Å². The molecule has 1 atom stereocenters. The van der Waals surface area contributed by atoms with E-state index in [4.69, 9.17) is 11.2 Å². The Morgan fingerprint density at radius 3 is 2.52 bits per heavy atom. The number of carbonyl (C=O) groups is 1. The molecule has 1 N–H and O–H groups in total. The van der Waals surface area contributed by atoms with E-state index in [2.05, 4.69) is 11.2 Å². The van der Waals surface area contributed by atoms with Crippen molar-refractivity contribution < 1.29 is 9.53 Å². The lowest BCUT2D eigenvalue weighted by atomic mass is 10.1. The molecule has 2 aromatic rings. The average Bonchev–Trinajstić information content (AvgIpc) is 2.49. The van der Waals surface area contributed by atoms with Crippen molar-refractivity contribution in [3.8, 4) is 18.1 Å². The first kappa shape index (κ1) is 16.9. The van der Waals surface area contributed by atoms with Gasteiger partial charge in [-0.25, -0.2) is 0 Å². The second kappa shape index (κ2) is 6.75. The molecule has 2 rings (SSSR count). The molecule has 3 heteroatoms. The molecule has 0 radical (unpaired) electrons. The maximum absolute atomic E-state index is 12.3. The second-order valence-corrected chi connectivity index (χ2v) is 6.62. The highest BCUT2D eigenvalue weighted by atomic mass is 16.5. The summed E-state index contributed by atoms with van der Waals surface area (Å²) in [5, 5.41) is 5.05. The van der Waals surface area contributed by atoms with Gasteiger partial charge in [-0.2, -0.15) is 0 Å². The number of terminal acetylenes is 1. The van der Waals surface area contributed by atoms with Crippen LogP contribution in [0.2, 0.25) is 0 Å². The number of ether oxygens (including phenoxy) is 1. The minimum Gasteiger partial charge on any atom is -0.481 e. The molecule has 0 bridgehead atoms. The van der Waals surface area contributed by atoms with E-state index in [0.717, 1.165) is 16.3 Å². The summed E-state index contributed by atoms with van der Waals surface area (Å²) < 4.78 is 5.89. The van der Waals surface area contributed by atoms with Crippen molar-refractivity contribution in [1.82, 2.24) is 5.32 Å². The summed E-state index contributed by atoms with van der Waals surface area (Å²) in [6.45, 7) is 7.80. The normalized spacial score (nSPS) is 12.5. The van der Waals surface area contributed by atoms with Gasteiger partial charge < -0.3 is 10.1 Å².